The zero-order valence-corrected chi connectivity index (χ0v) is 20.1. The second-order valence-electron chi connectivity index (χ2n) is 8.29. The third kappa shape index (κ3) is 4.99. The van der Waals surface area contributed by atoms with E-state index in [0.717, 1.165) is 47.7 Å². The lowest BCUT2D eigenvalue weighted by atomic mass is 9.93. The number of hydrogen-bond acceptors (Lipinski definition) is 7. The minimum Gasteiger partial charge on any atom is -0.334 e. The Bertz CT molecular complexity index is 1130. The molecule has 1 saturated carbocycles. The fourth-order valence-electron chi connectivity index (χ4n) is 4.58. The van der Waals surface area contributed by atoms with Gasteiger partial charge in [0.05, 0.1) is 16.4 Å². The molecular weight excluding hydrogens is 470 g/mol. The van der Waals surface area contributed by atoms with Crippen LogP contribution in [-0.2, 0) is 24.7 Å². The number of carbonyl (C=O) groups excluding carboxylic acids is 1. The lowest BCUT2D eigenvalue weighted by molar-refractivity contribution is -0.134. The molecule has 1 atom stereocenters. The van der Waals surface area contributed by atoms with Crippen LogP contribution in [-0.4, -0.2) is 62.8 Å². The van der Waals surface area contributed by atoms with E-state index < -0.39 is 32.4 Å². The predicted molar refractivity (Wildman–Crippen MR) is 124 cm³/mol. The monoisotopic (exact) mass is 497 g/mol. The van der Waals surface area contributed by atoms with Gasteiger partial charge in [-0.1, -0.05) is 37.5 Å². The highest BCUT2D eigenvalue weighted by Gasteiger charge is 2.40. The van der Waals surface area contributed by atoms with Crippen molar-refractivity contribution in [3.8, 4) is 0 Å². The molecule has 8 nitrogen and oxygen atoms in total. The number of thiazole rings is 1. The summed E-state index contributed by atoms with van der Waals surface area (Å²) in [5.41, 5.74) is 0. The highest BCUT2D eigenvalue weighted by atomic mass is 32.2. The Hall–Kier alpha value is -1.98. The Morgan fingerprint density at radius 1 is 1.06 bits per heavy atom. The van der Waals surface area contributed by atoms with Gasteiger partial charge in [0.15, 0.2) is 15.0 Å². The van der Waals surface area contributed by atoms with E-state index in [0.29, 0.717) is 6.42 Å². The molecular formula is C21H27N3O5S3. The summed E-state index contributed by atoms with van der Waals surface area (Å²) in [4.78, 5) is 19.5. The predicted octanol–water partition coefficient (Wildman–Crippen LogP) is 2.69. The van der Waals surface area contributed by atoms with Crippen molar-refractivity contribution in [2.24, 2.45) is 0 Å². The van der Waals surface area contributed by atoms with Gasteiger partial charge < -0.3 is 4.90 Å². The van der Waals surface area contributed by atoms with E-state index >= 15 is 0 Å². The maximum Gasteiger partial charge on any atom is 0.266 e. The maximum absolute atomic E-state index is 13.6. The van der Waals surface area contributed by atoms with Crippen LogP contribution in [0.4, 0.5) is 5.13 Å². The van der Waals surface area contributed by atoms with E-state index in [1.54, 1.807) is 28.5 Å². The minimum atomic E-state index is -4.01. The number of amides is 1. The van der Waals surface area contributed by atoms with E-state index in [2.05, 4.69) is 4.98 Å². The largest absolute Gasteiger partial charge is 0.334 e. The van der Waals surface area contributed by atoms with E-state index in [1.807, 2.05) is 0 Å². The van der Waals surface area contributed by atoms with Crippen molar-refractivity contribution in [2.75, 3.05) is 22.4 Å². The molecule has 1 amide bonds. The molecule has 11 heteroatoms. The smallest absolute Gasteiger partial charge is 0.266 e. The summed E-state index contributed by atoms with van der Waals surface area (Å²) in [6.45, 7) is -0.405. The summed E-state index contributed by atoms with van der Waals surface area (Å²) >= 11 is 1.14. The molecule has 32 heavy (non-hydrogen) atoms. The van der Waals surface area contributed by atoms with Crippen LogP contribution in [0, 0.1) is 0 Å². The molecule has 0 spiro atoms. The summed E-state index contributed by atoms with van der Waals surface area (Å²) < 4.78 is 52.2. The van der Waals surface area contributed by atoms with Gasteiger partial charge >= 0.3 is 0 Å². The zero-order valence-electron chi connectivity index (χ0n) is 17.7. The fourth-order valence-corrected chi connectivity index (χ4v) is 8.55. The Balaban J connectivity index is 1.66. The van der Waals surface area contributed by atoms with Crippen molar-refractivity contribution in [1.82, 2.24) is 9.88 Å². The van der Waals surface area contributed by atoms with Crippen molar-refractivity contribution in [3.63, 3.8) is 0 Å². The molecule has 1 aliphatic carbocycles. The van der Waals surface area contributed by atoms with Crippen LogP contribution in [0.25, 0.3) is 0 Å². The van der Waals surface area contributed by atoms with Gasteiger partial charge in [-0.05, 0) is 31.4 Å². The summed E-state index contributed by atoms with van der Waals surface area (Å²) in [6, 6.07) is 7.49. The van der Waals surface area contributed by atoms with Gasteiger partial charge in [0, 0.05) is 23.7 Å². The highest BCUT2D eigenvalue weighted by Crippen LogP contribution is 2.30. The molecule has 0 bridgehead atoms. The fraction of sp³-hybridized carbons (Fsp3) is 0.524. The SMILES string of the molecule is O=C(CN(c1nccs1)S(=O)(=O)c1ccccc1)N(C1CCCCC1)C1CCS(=O)(=O)C1. The summed E-state index contributed by atoms with van der Waals surface area (Å²) in [6.07, 6.45) is 6.57. The molecule has 174 valence electrons. The first kappa shape index (κ1) is 23.2. The van der Waals surface area contributed by atoms with Crippen molar-refractivity contribution in [3.05, 3.63) is 41.9 Å². The van der Waals surface area contributed by atoms with E-state index in [1.165, 1.54) is 18.3 Å². The number of carbonyl (C=O) groups is 1. The first-order chi connectivity index (χ1) is 15.3. The Kier molecular flexibility index (Phi) is 6.87. The van der Waals surface area contributed by atoms with E-state index in [9.17, 15) is 21.6 Å². The van der Waals surface area contributed by atoms with Crippen LogP contribution in [0.5, 0.6) is 0 Å². The summed E-state index contributed by atoms with van der Waals surface area (Å²) in [5.74, 6) is -0.362. The molecule has 1 saturated heterocycles. The number of rotatable bonds is 7. The van der Waals surface area contributed by atoms with Crippen LogP contribution >= 0.6 is 11.3 Å². The summed E-state index contributed by atoms with van der Waals surface area (Å²) in [7, 11) is -7.21. The lowest BCUT2D eigenvalue weighted by Gasteiger charge is -2.39. The minimum absolute atomic E-state index is 0.0576. The molecule has 1 aliphatic heterocycles. The van der Waals surface area contributed by atoms with Gasteiger partial charge in [0.2, 0.25) is 5.91 Å². The van der Waals surface area contributed by atoms with Gasteiger partial charge in [-0.3, -0.25) is 4.79 Å². The molecule has 1 aromatic heterocycles. The molecule has 2 heterocycles. The van der Waals surface area contributed by atoms with Crippen LogP contribution in [0.3, 0.4) is 0 Å². The molecule has 1 aromatic carbocycles. The molecule has 2 aromatic rings. The van der Waals surface area contributed by atoms with Crippen molar-refractivity contribution < 1.29 is 21.6 Å². The van der Waals surface area contributed by atoms with Crippen LogP contribution in [0.15, 0.2) is 46.8 Å². The van der Waals surface area contributed by atoms with Crippen LogP contribution in [0.2, 0.25) is 0 Å². The Morgan fingerprint density at radius 2 is 1.78 bits per heavy atom. The van der Waals surface area contributed by atoms with Crippen molar-refractivity contribution >= 4 is 42.2 Å². The average Bonchev–Trinajstić information content (AvgIpc) is 3.43. The quantitative estimate of drug-likeness (QED) is 0.582. The second-order valence-corrected chi connectivity index (χ2v) is 13.3. The molecule has 2 fully saturated rings. The average molecular weight is 498 g/mol. The van der Waals surface area contributed by atoms with Crippen molar-refractivity contribution in [2.45, 2.75) is 55.5 Å². The number of nitrogens with zero attached hydrogens (tertiary/aromatic N) is 3. The van der Waals surface area contributed by atoms with Gasteiger partial charge in [-0.2, -0.15) is 0 Å². The van der Waals surface area contributed by atoms with Gasteiger partial charge in [0.1, 0.15) is 6.54 Å². The molecule has 4 rings (SSSR count). The first-order valence-corrected chi connectivity index (χ1v) is 14.9. The number of hydrogen-bond donors (Lipinski definition) is 0. The number of sulfone groups is 1. The standard InChI is InChI=1S/C21H27N3O5S3/c25-20(24(17-7-3-1-4-8-17)18-11-14-31(26,27)16-18)15-23(21-22-12-13-30-21)32(28,29)19-9-5-2-6-10-19/h2,5-6,9-10,12-13,17-18H,1,3-4,7-8,11,14-16H2. The van der Waals surface area contributed by atoms with Gasteiger partial charge in [-0.25, -0.2) is 26.1 Å². The highest BCUT2D eigenvalue weighted by molar-refractivity contribution is 7.93. The van der Waals surface area contributed by atoms with Crippen molar-refractivity contribution in [1.29, 1.82) is 0 Å². The molecule has 1 unspecified atom stereocenters. The summed E-state index contributed by atoms with van der Waals surface area (Å²) in [5, 5.41) is 1.88. The van der Waals surface area contributed by atoms with Gasteiger partial charge in [-0.15, -0.1) is 11.3 Å². The third-order valence-electron chi connectivity index (χ3n) is 6.10. The maximum atomic E-state index is 13.6. The normalized spacial score (nSPS) is 21.3. The molecule has 0 radical (unpaired) electrons. The molecule has 2 aliphatic rings. The first-order valence-electron chi connectivity index (χ1n) is 10.8. The Labute approximate surface area is 193 Å². The lowest BCUT2D eigenvalue weighted by Crippen LogP contribution is -2.52. The number of sulfonamides is 1. The van der Waals surface area contributed by atoms with E-state index in [4.69, 9.17) is 0 Å². The number of benzene rings is 1. The second kappa shape index (κ2) is 9.48. The van der Waals surface area contributed by atoms with E-state index in [-0.39, 0.29) is 33.5 Å². The van der Waals surface area contributed by atoms with Crippen LogP contribution in [0.1, 0.15) is 38.5 Å². The topological polar surface area (TPSA) is 105 Å². The molecule has 0 N–H and O–H groups in total. The van der Waals surface area contributed by atoms with Gasteiger partial charge in [0.25, 0.3) is 10.0 Å². The van der Waals surface area contributed by atoms with Crippen LogP contribution < -0.4 is 4.31 Å². The third-order valence-corrected chi connectivity index (χ3v) is 10.5. The zero-order chi connectivity index (χ0) is 22.8. The number of anilines is 1. The Morgan fingerprint density at radius 3 is 2.38 bits per heavy atom. The number of aromatic nitrogens is 1.